The van der Waals surface area contributed by atoms with Gasteiger partial charge in [-0.15, -0.1) is 0 Å². The fraction of sp³-hybridized carbons (Fsp3) is 0.176. The molecule has 8 heteroatoms. The number of amides is 1. The van der Waals surface area contributed by atoms with Crippen LogP contribution in [-0.4, -0.2) is 32.1 Å². The number of hydrogen-bond acceptors (Lipinski definition) is 7. The summed E-state index contributed by atoms with van der Waals surface area (Å²) in [5, 5.41) is 11.7. The molecule has 0 aliphatic rings. The van der Waals surface area contributed by atoms with Crippen LogP contribution >= 0.6 is 0 Å². The number of anilines is 1. The lowest BCUT2D eigenvalue weighted by Gasteiger charge is -2.07. The molecule has 25 heavy (non-hydrogen) atoms. The van der Waals surface area contributed by atoms with Gasteiger partial charge in [-0.1, -0.05) is 12.1 Å². The minimum Gasteiger partial charge on any atom is -0.465 e. The molecule has 0 unspecified atom stereocenters. The number of nitrogens with one attached hydrogen (secondary N) is 1. The second-order valence-electron chi connectivity index (χ2n) is 4.83. The maximum Gasteiger partial charge on any atom is 0.342 e. The molecule has 1 aromatic carbocycles. The first-order chi connectivity index (χ1) is 11.9. The highest BCUT2D eigenvalue weighted by molar-refractivity contribution is 6.11. The number of nitriles is 1. The summed E-state index contributed by atoms with van der Waals surface area (Å²) in [5.41, 5.74) is -0.140. The van der Waals surface area contributed by atoms with Crippen LogP contribution in [0.15, 0.2) is 28.7 Å². The van der Waals surface area contributed by atoms with Gasteiger partial charge in [0.05, 0.1) is 25.3 Å². The number of furan rings is 1. The zero-order chi connectivity index (χ0) is 18.6. The van der Waals surface area contributed by atoms with E-state index in [0.717, 1.165) is 0 Å². The average molecular weight is 342 g/mol. The Bertz CT molecular complexity index is 891. The molecule has 1 amide bonds. The molecule has 0 radical (unpaired) electrons. The Labute approximate surface area is 142 Å². The molecule has 0 fully saturated rings. The van der Waals surface area contributed by atoms with Crippen molar-refractivity contribution >= 4 is 23.7 Å². The van der Waals surface area contributed by atoms with Crippen LogP contribution < -0.4 is 5.32 Å². The molecule has 1 aromatic heterocycles. The lowest BCUT2D eigenvalue weighted by Crippen LogP contribution is -2.17. The van der Waals surface area contributed by atoms with Crippen molar-refractivity contribution in [3.63, 3.8) is 0 Å². The third-order valence-corrected chi connectivity index (χ3v) is 3.39. The summed E-state index contributed by atoms with van der Waals surface area (Å²) in [6.07, 6.45) is 0. The van der Waals surface area contributed by atoms with E-state index in [-0.39, 0.29) is 33.9 Å². The van der Waals surface area contributed by atoms with E-state index in [1.807, 2.05) is 0 Å². The number of hydrogen-bond donors (Lipinski definition) is 1. The topological polar surface area (TPSA) is 119 Å². The van der Waals surface area contributed by atoms with E-state index >= 15 is 0 Å². The van der Waals surface area contributed by atoms with Crippen molar-refractivity contribution in [3.05, 3.63) is 52.3 Å². The predicted octanol–water partition coefficient (Wildman–Crippen LogP) is 2.29. The maximum absolute atomic E-state index is 12.5. The first kappa shape index (κ1) is 17.7. The molecule has 0 aliphatic heterocycles. The first-order valence-corrected chi connectivity index (χ1v) is 7.05. The van der Waals surface area contributed by atoms with Crippen molar-refractivity contribution in [2.45, 2.75) is 6.92 Å². The number of ether oxygens (including phenoxy) is 2. The van der Waals surface area contributed by atoms with Gasteiger partial charge < -0.3 is 13.9 Å². The minimum atomic E-state index is -0.756. The van der Waals surface area contributed by atoms with Gasteiger partial charge in [-0.25, -0.2) is 9.59 Å². The zero-order valence-electron chi connectivity index (χ0n) is 13.7. The maximum atomic E-state index is 12.5. The van der Waals surface area contributed by atoms with E-state index in [0.29, 0.717) is 0 Å². The number of benzene rings is 1. The van der Waals surface area contributed by atoms with Gasteiger partial charge in [0, 0.05) is 0 Å². The number of aryl methyl sites for hydroxylation is 1. The lowest BCUT2D eigenvalue weighted by molar-refractivity contribution is 0.0589. The molecular weight excluding hydrogens is 328 g/mol. The van der Waals surface area contributed by atoms with Gasteiger partial charge in [-0.3, -0.25) is 10.1 Å². The van der Waals surface area contributed by atoms with Crippen molar-refractivity contribution in [2.24, 2.45) is 0 Å². The van der Waals surface area contributed by atoms with Crippen LogP contribution in [0.5, 0.6) is 0 Å². The monoisotopic (exact) mass is 342 g/mol. The number of carbonyl (C=O) groups is 3. The van der Waals surface area contributed by atoms with E-state index in [9.17, 15) is 19.6 Å². The standard InChI is InChI=1S/C17H14N2O6/c1-9-13(17(22)24-3)12(8-18)15(25-9)19-14(20)10-6-4-5-7-11(10)16(21)23-2/h4-7H,1-3H3,(H,19,20). The molecule has 0 saturated heterocycles. The van der Waals surface area contributed by atoms with Crippen LogP contribution in [0, 0.1) is 18.3 Å². The van der Waals surface area contributed by atoms with Crippen LogP contribution in [0.1, 0.15) is 42.4 Å². The van der Waals surface area contributed by atoms with E-state index in [2.05, 4.69) is 14.8 Å². The normalized spacial score (nSPS) is 9.84. The molecule has 0 atom stereocenters. The summed E-state index contributed by atoms with van der Waals surface area (Å²) in [7, 11) is 2.37. The quantitative estimate of drug-likeness (QED) is 0.847. The van der Waals surface area contributed by atoms with Crippen molar-refractivity contribution in [1.29, 1.82) is 5.26 Å². The van der Waals surface area contributed by atoms with E-state index < -0.39 is 17.8 Å². The number of methoxy groups -OCH3 is 2. The molecule has 0 aliphatic carbocycles. The van der Waals surface area contributed by atoms with Crippen LogP contribution in [0.2, 0.25) is 0 Å². The van der Waals surface area contributed by atoms with Gasteiger partial charge in [-0.05, 0) is 19.1 Å². The summed E-state index contributed by atoms with van der Waals surface area (Å²) in [4.78, 5) is 36.0. The predicted molar refractivity (Wildman–Crippen MR) is 85.2 cm³/mol. The fourth-order valence-electron chi connectivity index (χ4n) is 2.23. The third kappa shape index (κ3) is 3.35. The highest BCUT2D eigenvalue weighted by Gasteiger charge is 2.26. The molecule has 0 saturated carbocycles. The van der Waals surface area contributed by atoms with E-state index in [1.165, 1.54) is 33.3 Å². The molecule has 0 spiro atoms. The van der Waals surface area contributed by atoms with E-state index in [4.69, 9.17) is 4.42 Å². The second kappa shape index (κ2) is 7.31. The van der Waals surface area contributed by atoms with Crippen molar-refractivity contribution in [3.8, 4) is 6.07 Å². The number of carbonyl (C=O) groups excluding carboxylic acids is 3. The van der Waals surface area contributed by atoms with Gasteiger partial charge in [0.25, 0.3) is 5.91 Å². The molecule has 2 rings (SSSR count). The fourth-order valence-corrected chi connectivity index (χ4v) is 2.23. The van der Waals surface area contributed by atoms with Gasteiger partial charge in [0.2, 0.25) is 5.88 Å². The smallest absolute Gasteiger partial charge is 0.342 e. The summed E-state index contributed by atoms with van der Waals surface area (Å²) in [5.74, 6) is -2.21. The molecule has 128 valence electrons. The Morgan fingerprint density at radius 3 is 2.24 bits per heavy atom. The SMILES string of the molecule is COC(=O)c1ccccc1C(=O)Nc1oc(C)c(C(=O)OC)c1C#N. The molecule has 1 heterocycles. The Morgan fingerprint density at radius 2 is 1.68 bits per heavy atom. The Hall–Kier alpha value is -3.60. The second-order valence-corrected chi connectivity index (χ2v) is 4.83. The third-order valence-electron chi connectivity index (χ3n) is 3.39. The molecular formula is C17H14N2O6. The molecule has 2 aromatic rings. The number of nitrogens with zero attached hydrogens (tertiary/aromatic N) is 1. The Morgan fingerprint density at radius 1 is 1.08 bits per heavy atom. The molecule has 1 N–H and O–H groups in total. The number of rotatable bonds is 4. The Kier molecular flexibility index (Phi) is 5.19. The lowest BCUT2D eigenvalue weighted by atomic mass is 10.1. The van der Waals surface area contributed by atoms with Crippen LogP contribution in [0.3, 0.4) is 0 Å². The molecule has 8 nitrogen and oxygen atoms in total. The average Bonchev–Trinajstić information content (AvgIpc) is 2.95. The summed E-state index contributed by atoms with van der Waals surface area (Å²) in [6.45, 7) is 1.46. The summed E-state index contributed by atoms with van der Waals surface area (Å²) in [6, 6.07) is 7.80. The highest BCUT2D eigenvalue weighted by Crippen LogP contribution is 2.27. The summed E-state index contributed by atoms with van der Waals surface area (Å²) >= 11 is 0. The van der Waals surface area contributed by atoms with Gasteiger partial charge in [0.15, 0.2) is 0 Å². The molecule has 0 bridgehead atoms. The van der Waals surface area contributed by atoms with Crippen molar-refractivity contribution < 1.29 is 28.3 Å². The van der Waals surface area contributed by atoms with Crippen LogP contribution in [0.25, 0.3) is 0 Å². The zero-order valence-corrected chi connectivity index (χ0v) is 13.7. The van der Waals surface area contributed by atoms with Crippen LogP contribution in [-0.2, 0) is 9.47 Å². The summed E-state index contributed by atoms with van der Waals surface area (Å²) < 4.78 is 14.5. The van der Waals surface area contributed by atoms with Crippen molar-refractivity contribution in [1.82, 2.24) is 0 Å². The van der Waals surface area contributed by atoms with Gasteiger partial charge in [-0.2, -0.15) is 5.26 Å². The van der Waals surface area contributed by atoms with E-state index in [1.54, 1.807) is 18.2 Å². The van der Waals surface area contributed by atoms with Crippen molar-refractivity contribution in [2.75, 3.05) is 19.5 Å². The number of esters is 2. The van der Waals surface area contributed by atoms with Gasteiger partial charge >= 0.3 is 11.9 Å². The minimum absolute atomic E-state index is 0.0342. The van der Waals surface area contributed by atoms with Gasteiger partial charge in [0.1, 0.15) is 23.0 Å². The van der Waals surface area contributed by atoms with Crippen LogP contribution in [0.4, 0.5) is 5.88 Å². The largest absolute Gasteiger partial charge is 0.465 e. The highest BCUT2D eigenvalue weighted by atomic mass is 16.5. The Balaban J connectivity index is 2.42. The first-order valence-electron chi connectivity index (χ1n) is 7.05.